The summed E-state index contributed by atoms with van der Waals surface area (Å²) < 4.78 is 5.66. The van der Waals surface area contributed by atoms with Crippen molar-refractivity contribution in [2.45, 2.75) is 32.2 Å². The summed E-state index contributed by atoms with van der Waals surface area (Å²) in [7, 11) is 0. The molecule has 0 saturated heterocycles. The number of carboxylic acids is 1. The number of aliphatic carboxylic acids is 1. The molecule has 4 nitrogen and oxygen atoms in total. The molecule has 2 aromatic carbocycles. The van der Waals surface area contributed by atoms with Gasteiger partial charge in [-0.25, -0.2) is 4.79 Å². The standard InChI is InChI=1S/C19H23NO3/c1-2-3-7-14-23-17-12-10-16(11-13-17)20-18(19(21)22)15-8-5-4-6-9-15/h4-6,8-13,18,20H,2-3,7,14H2,1H3,(H,21,22). The van der Waals surface area contributed by atoms with Crippen molar-refractivity contribution in [3.63, 3.8) is 0 Å². The van der Waals surface area contributed by atoms with E-state index in [1.165, 1.54) is 6.42 Å². The predicted molar refractivity (Wildman–Crippen MR) is 91.9 cm³/mol. The number of benzene rings is 2. The molecular formula is C19H23NO3. The fraction of sp³-hybridized carbons (Fsp3) is 0.316. The average Bonchev–Trinajstić information content (AvgIpc) is 2.58. The largest absolute Gasteiger partial charge is 0.494 e. The summed E-state index contributed by atoms with van der Waals surface area (Å²) in [6, 6.07) is 15.8. The second-order valence-electron chi connectivity index (χ2n) is 5.41. The molecule has 0 fully saturated rings. The lowest BCUT2D eigenvalue weighted by molar-refractivity contribution is -0.138. The molecule has 122 valence electrons. The van der Waals surface area contributed by atoms with Crippen molar-refractivity contribution in [3.05, 3.63) is 60.2 Å². The van der Waals surface area contributed by atoms with Crippen molar-refractivity contribution in [2.24, 2.45) is 0 Å². The molecular weight excluding hydrogens is 290 g/mol. The Kier molecular flexibility index (Phi) is 6.48. The molecule has 0 aliphatic rings. The molecule has 0 saturated carbocycles. The highest BCUT2D eigenvalue weighted by Gasteiger charge is 2.19. The van der Waals surface area contributed by atoms with E-state index in [4.69, 9.17) is 4.74 Å². The highest BCUT2D eigenvalue weighted by molar-refractivity contribution is 5.79. The molecule has 2 aromatic rings. The molecule has 1 atom stereocenters. The Labute approximate surface area is 137 Å². The van der Waals surface area contributed by atoms with Crippen LogP contribution < -0.4 is 10.1 Å². The molecule has 0 heterocycles. The van der Waals surface area contributed by atoms with E-state index in [0.29, 0.717) is 6.61 Å². The quantitative estimate of drug-likeness (QED) is 0.670. The van der Waals surface area contributed by atoms with Gasteiger partial charge >= 0.3 is 5.97 Å². The van der Waals surface area contributed by atoms with E-state index in [1.54, 1.807) is 12.1 Å². The van der Waals surface area contributed by atoms with Gasteiger partial charge in [-0.3, -0.25) is 0 Å². The minimum Gasteiger partial charge on any atom is -0.494 e. The van der Waals surface area contributed by atoms with Crippen LogP contribution in [-0.4, -0.2) is 17.7 Å². The second kappa shape index (κ2) is 8.83. The number of hydrogen-bond acceptors (Lipinski definition) is 3. The van der Waals surface area contributed by atoms with E-state index in [2.05, 4.69) is 12.2 Å². The van der Waals surface area contributed by atoms with Crippen molar-refractivity contribution in [2.75, 3.05) is 11.9 Å². The second-order valence-corrected chi connectivity index (χ2v) is 5.41. The van der Waals surface area contributed by atoms with Gasteiger partial charge in [-0.05, 0) is 36.2 Å². The summed E-state index contributed by atoms with van der Waals surface area (Å²) in [6.07, 6.45) is 3.38. The van der Waals surface area contributed by atoms with Crippen LogP contribution in [0, 0.1) is 0 Å². The van der Waals surface area contributed by atoms with Gasteiger partial charge in [0.2, 0.25) is 0 Å². The van der Waals surface area contributed by atoms with Crippen molar-refractivity contribution in [1.29, 1.82) is 0 Å². The van der Waals surface area contributed by atoms with Crippen LogP contribution in [0.15, 0.2) is 54.6 Å². The molecule has 1 unspecified atom stereocenters. The Morgan fingerprint density at radius 3 is 2.39 bits per heavy atom. The van der Waals surface area contributed by atoms with Gasteiger partial charge in [0, 0.05) is 5.69 Å². The van der Waals surface area contributed by atoms with Crippen molar-refractivity contribution >= 4 is 11.7 Å². The fourth-order valence-corrected chi connectivity index (χ4v) is 2.29. The van der Waals surface area contributed by atoms with Gasteiger partial charge in [-0.2, -0.15) is 0 Å². The zero-order chi connectivity index (χ0) is 16.5. The molecule has 4 heteroatoms. The summed E-state index contributed by atoms with van der Waals surface area (Å²) >= 11 is 0. The van der Waals surface area contributed by atoms with Crippen LogP contribution >= 0.6 is 0 Å². The van der Waals surface area contributed by atoms with Gasteiger partial charge in [-0.1, -0.05) is 50.1 Å². The van der Waals surface area contributed by atoms with E-state index < -0.39 is 12.0 Å². The molecule has 23 heavy (non-hydrogen) atoms. The number of carbonyl (C=O) groups is 1. The van der Waals surface area contributed by atoms with E-state index in [9.17, 15) is 9.90 Å². The maximum Gasteiger partial charge on any atom is 0.330 e. The van der Waals surface area contributed by atoms with E-state index >= 15 is 0 Å². The lowest BCUT2D eigenvalue weighted by Gasteiger charge is -2.16. The number of hydrogen-bond donors (Lipinski definition) is 2. The first-order chi connectivity index (χ1) is 11.2. The van der Waals surface area contributed by atoms with Gasteiger partial charge in [0.05, 0.1) is 6.61 Å². The Bertz CT molecular complexity index is 596. The summed E-state index contributed by atoms with van der Waals surface area (Å²) in [5.74, 6) is -0.102. The number of ether oxygens (including phenoxy) is 1. The first kappa shape index (κ1) is 16.9. The molecule has 0 amide bonds. The van der Waals surface area contributed by atoms with Crippen molar-refractivity contribution < 1.29 is 14.6 Å². The van der Waals surface area contributed by atoms with E-state index in [0.717, 1.165) is 29.8 Å². The maximum absolute atomic E-state index is 11.5. The lowest BCUT2D eigenvalue weighted by Crippen LogP contribution is -2.20. The topological polar surface area (TPSA) is 58.6 Å². The third-order valence-corrected chi connectivity index (χ3v) is 3.56. The summed E-state index contributed by atoms with van der Waals surface area (Å²) in [5.41, 5.74) is 1.47. The molecule has 2 rings (SSSR count). The normalized spacial score (nSPS) is 11.7. The number of rotatable bonds is 9. The highest BCUT2D eigenvalue weighted by Crippen LogP contribution is 2.22. The first-order valence-corrected chi connectivity index (χ1v) is 7.98. The average molecular weight is 313 g/mol. The number of unbranched alkanes of at least 4 members (excludes halogenated alkanes) is 2. The predicted octanol–water partition coefficient (Wildman–Crippen LogP) is 4.49. The molecule has 0 aliphatic carbocycles. The van der Waals surface area contributed by atoms with Crippen molar-refractivity contribution in [1.82, 2.24) is 0 Å². The van der Waals surface area contributed by atoms with Crippen LogP contribution in [0.25, 0.3) is 0 Å². The fourth-order valence-electron chi connectivity index (χ4n) is 2.29. The molecule has 0 spiro atoms. The van der Waals surface area contributed by atoms with E-state index in [-0.39, 0.29) is 0 Å². The Balaban J connectivity index is 1.97. The lowest BCUT2D eigenvalue weighted by atomic mass is 10.1. The van der Waals surface area contributed by atoms with Gasteiger partial charge in [0.25, 0.3) is 0 Å². The molecule has 0 aromatic heterocycles. The van der Waals surface area contributed by atoms with Crippen molar-refractivity contribution in [3.8, 4) is 5.75 Å². The smallest absolute Gasteiger partial charge is 0.330 e. The molecule has 2 N–H and O–H groups in total. The van der Waals surface area contributed by atoms with Crippen LogP contribution in [0.4, 0.5) is 5.69 Å². The third kappa shape index (κ3) is 5.33. The SMILES string of the molecule is CCCCCOc1ccc(NC(C(=O)O)c2ccccc2)cc1. The zero-order valence-electron chi connectivity index (χ0n) is 13.4. The first-order valence-electron chi connectivity index (χ1n) is 7.98. The van der Waals surface area contributed by atoms with Crippen LogP contribution in [0.2, 0.25) is 0 Å². The number of anilines is 1. The highest BCUT2D eigenvalue weighted by atomic mass is 16.5. The molecule has 0 radical (unpaired) electrons. The summed E-state index contributed by atoms with van der Waals surface area (Å²) in [5, 5.41) is 12.5. The number of carboxylic acid groups (broad SMARTS) is 1. The minimum absolute atomic E-state index is 0.711. The van der Waals surface area contributed by atoms with Gasteiger partial charge in [-0.15, -0.1) is 0 Å². The van der Waals surface area contributed by atoms with Gasteiger partial charge < -0.3 is 15.2 Å². The number of nitrogens with one attached hydrogen (secondary N) is 1. The van der Waals surface area contributed by atoms with Crippen LogP contribution in [0.5, 0.6) is 5.75 Å². The zero-order valence-corrected chi connectivity index (χ0v) is 13.4. The maximum atomic E-state index is 11.5. The van der Waals surface area contributed by atoms with E-state index in [1.807, 2.05) is 42.5 Å². The van der Waals surface area contributed by atoms with Gasteiger partial charge in [0.15, 0.2) is 6.04 Å². The van der Waals surface area contributed by atoms with Crippen LogP contribution in [0.3, 0.4) is 0 Å². The van der Waals surface area contributed by atoms with Gasteiger partial charge in [0.1, 0.15) is 5.75 Å². The Hall–Kier alpha value is -2.49. The van der Waals surface area contributed by atoms with Crippen LogP contribution in [-0.2, 0) is 4.79 Å². The summed E-state index contributed by atoms with van der Waals surface area (Å²) in [4.78, 5) is 11.5. The minimum atomic E-state index is -0.906. The molecule has 0 bridgehead atoms. The Morgan fingerprint density at radius 2 is 1.78 bits per heavy atom. The Morgan fingerprint density at radius 1 is 1.09 bits per heavy atom. The summed E-state index contributed by atoms with van der Waals surface area (Å²) in [6.45, 7) is 2.87. The molecule has 0 aliphatic heterocycles. The monoisotopic (exact) mass is 313 g/mol. The third-order valence-electron chi connectivity index (χ3n) is 3.56. The van der Waals surface area contributed by atoms with Crippen LogP contribution in [0.1, 0.15) is 37.8 Å².